The van der Waals surface area contributed by atoms with E-state index in [-0.39, 0.29) is 12.8 Å². The van der Waals surface area contributed by atoms with Crippen molar-refractivity contribution in [2.24, 2.45) is 11.5 Å². The number of hydrogen-bond acceptors (Lipinski definition) is 7. The first-order valence-electron chi connectivity index (χ1n) is 10.3. The Kier molecular flexibility index (Phi) is 11.9. The number of nitrogens with one attached hydrogen (secondary N) is 3. The number of carbonyl (C=O) groups excluding carboxylic acids is 4. The Morgan fingerprint density at radius 1 is 0.939 bits per heavy atom. The van der Waals surface area contributed by atoms with Crippen LogP contribution in [-0.4, -0.2) is 70.9 Å². The second-order valence-electron chi connectivity index (χ2n) is 7.45. The Balaban J connectivity index is 3.03. The van der Waals surface area contributed by atoms with Gasteiger partial charge >= 0.3 is 5.97 Å². The van der Waals surface area contributed by atoms with Gasteiger partial charge in [-0.3, -0.25) is 19.2 Å². The lowest BCUT2D eigenvalue weighted by Gasteiger charge is -2.25. The summed E-state index contributed by atoms with van der Waals surface area (Å²) in [5.74, 6) is -3.78. The van der Waals surface area contributed by atoms with Crippen molar-refractivity contribution in [3.63, 3.8) is 0 Å². The molecule has 0 aliphatic carbocycles. The van der Waals surface area contributed by atoms with Crippen molar-refractivity contribution in [1.29, 1.82) is 0 Å². The smallest absolute Gasteiger partial charge is 0.326 e. The minimum Gasteiger partial charge on any atom is -0.480 e. The van der Waals surface area contributed by atoms with Gasteiger partial charge in [-0.1, -0.05) is 30.3 Å². The van der Waals surface area contributed by atoms with Crippen molar-refractivity contribution in [3.05, 3.63) is 35.9 Å². The summed E-state index contributed by atoms with van der Waals surface area (Å²) in [4.78, 5) is 60.4. The minimum atomic E-state index is -1.53. The van der Waals surface area contributed by atoms with Crippen LogP contribution in [0, 0.1) is 0 Å². The first kappa shape index (κ1) is 27.9. The molecule has 1 rings (SSSR count). The third-order valence-corrected chi connectivity index (χ3v) is 5.24. The van der Waals surface area contributed by atoms with E-state index in [9.17, 15) is 29.1 Å². The number of primary amides is 1. The minimum absolute atomic E-state index is 0.154. The molecule has 0 aliphatic rings. The average molecular weight is 482 g/mol. The predicted molar refractivity (Wildman–Crippen MR) is 124 cm³/mol. The van der Waals surface area contributed by atoms with E-state index in [0.29, 0.717) is 5.75 Å². The fraction of sp³-hybridized carbons (Fsp3) is 0.476. The van der Waals surface area contributed by atoms with E-state index >= 15 is 0 Å². The molecule has 0 aliphatic heterocycles. The van der Waals surface area contributed by atoms with Crippen LogP contribution in [0.2, 0.25) is 0 Å². The molecule has 182 valence electrons. The number of carboxylic acid groups (broad SMARTS) is 1. The van der Waals surface area contributed by atoms with E-state index in [4.69, 9.17) is 11.5 Å². The van der Waals surface area contributed by atoms with Gasteiger partial charge in [0, 0.05) is 6.42 Å². The maximum atomic E-state index is 13.0. The average Bonchev–Trinajstić information content (AvgIpc) is 2.75. The Morgan fingerprint density at radius 3 is 2.00 bits per heavy atom. The lowest BCUT2D eigenvalue weighted by atomic mass is 10.0. The lowest BCUT2D eigenvalue weighted by Crippen LogP contribution is -2.57. The fourth-order valence-corrected chi connectivity index (χ4v) is 3.28. The second kappa shape index (κ2) is 14.1. The van der Waals surface area contributed by atoms with E-state index in [1.807, 2.05) is 12.3 Å². The Hall–Kier alpha value is -3.12. The van der Waals surface area contributed by atoms with E-state index in [0.717, 1.165) is 5.56 Å². The summed E-state index contributed by atoms with van der Waals surface area (Å²) in [5.41, 5.74) is 11.4. The largest absolute Gasteiger partial charge is 0.480 e. The van der Waals surface area contributed by atoms with E-state index < -0.39 is 60.2 Å². The maximum Gasteiger partial charge on any atom is 0.326 e. The molecule has 4 atom stereocenters. The zero-order valence-electron chi connectivity index (χ0n) is 18.6. The third-order valence-electron chi connectivity index (χ3n) is 4.59. The molecule has 0 spiro atoms. The standard InChI is InChI=1S/C21H31N5O6S/c1-12(22)18(28)25-15(10-13-6-4-3-5-7-13)20(30)24-14(8-9-33-2)19(29)26-16(21(31)32)11-17(23)27/h3-7,12,14-16H,8-11,22H2,1-2H3,(H2,23,27)(H,24,30)(H,25,28)(H,26,29)(H,31,32). The van der Waals surface area contributed by atoms with E-state index in [1.165, 1.54) is 18.7 Å². The van der Waals surface area contributed by atoms with Gasteiger partial charge in [-0.25, -0.2) is 4.79 Å². The molecule has 1 aromatic rings. The van der Waals surface area contributed by atoms with Gasteiger partial charge in [0.1, 0.15) is 18.1 Å². The van der Waals surface area contributed by atoms with Gasteiger partial charge in [0.15, 0.2) is 0 Å². The monoisotopic (exact) mass is 481 g/mol. The zero-order chi connectivity index (χ0) is 25.0. The molecule has 0 bridgehead atoms. The topological polar surface area (TPSA) is 194 Å². The Morgan fingerprint density at radius 2 is 1.48 bits per heavy atom. The van der Waals surface area contributed by atoms with Crippen LogP contribution in [0.1, 0.15) is 25.3 Å². The number of carbonyl (C=O) groups is 5. The SMILES string of the molecule is CSCCC(NC(=O)C(Cc1ccccc1)NC(=O)C(C)N)C(=O)NC(CC(N)=O)C(=O)O. The molecule has 0 saturated carbocycles. The quantitative estimate of drug-likeness (QED) is 0.189. The van der Waals surface area contributed by atoms with Gasteiger partial charge in [-0.15, -0.1) is 0 Å². The highest BCUT2D eigenvalue weighted by Gasteiger charge is 2.30. The number of carboxylic acids is 1. The van der Waals surface area contributed by atoms with Crippen LogP contribution in [0.15, 0.2) is 30.3 Å². The van der Waals surface area contributed by atoms with Crippen LogP contribution in [0.3, 0.4) is 0 Å². The summed E-state index contributed by atoms with van der Waals surface area (Å²) >= 11 is 1.43. The van der Waals surface area contributed by atoms with Gasteiger partial charge in [0.25, 0.3) is 0 Å². The van der Waals surface area contributed by atoms with Crippen molar-refractivity contribution in [2.45, 2.75) is 50.4 Å². The molecule has 0 saturated heterocycles. The van der Waals surface area contributed by atoms with E-state index in [1.54, 1.807) is 24.3 Å². The number of benzene rings is 1. The first-order valence-corrected chi connectivity index (χ1v) is 11.6. The first-order chi connectivity index (χ1) is 15.5. The fourth-order valence-electron chi connectivity index (χ4n) is 2.81. The molecule has 4 amide bonds. The molecule has 33 heavy (non-hydrogen) atoms. The van der Waals surface area contributed by atoms with Crippen molar-refractivity contribution in [2.75, 3.05) is 12.0 Å². The summed E-state index contributed by atoms with van der Waals surface area (Å²) < 4.78 is 0. The highest BCUT2D eigenvalue weighted by atomic mass is 32.2. The molecule has 11 nitrogen and oxygen atoms in total. The predicted octanol–water partition coefficient (Wildman–Crippen LogP) is -1.26. The molecule has 8 N–H and O–H groups in total. The van der Waals surface area contributed by atoms with Gasteiger partial charge in [0.05, 0.1) is 12.5 Å². The van der Waals surface area contributed by atoms with Crippen LogP contribution in [0.5, 0.6) is 0 Å². The summed E-state index contributed by atoms with van der Waals surface area (Å²) in [6.45, 7) is 1.48. The van der Waals surface area contributed by atoms with Gasteiger partial charge < -0.3 is 32.5 Å². The number of rotatable bonds is 14. The van der Waals surface area contributed by atoms with E-state index in [2.05, 4.69) is 16.0 Å². The summed E-state index contributed by atoms with van der Waals surface area (Å²) in [5, 5.41) is 16.6. The molecule has 1 aromatic carbocycles. The zero-order valence-corrected chi connectivity index (χ0v) is 19.4. The molecular formula is C21H31N5O6S. The number of thioether (sulfide) groups is 1. The maximum absolute atomic E-state index is 13.0. The van der Waals surface area contributed by atoms with Crippen LogP contribution < -0.4 is 27.4 Å². The number of amides is 4. The molecule has 0 fully saturated rings. The molecule has 0 radical (unpaired) electrons. The van der Waals surface area contributed by atoms with Crippen LogP contribution in [0.25, 0.3) is 0 Å². The van der Waals surface area contributed by atoms with Crippen molar-refractivity contribution in [1.82, 2.24) is 16.0 Å². The van der Waals surface area contributed by atoms with Crippen LogP contribution in [-0.2, 0) is 30.4 Å². The van der Waals surface area contributed by atoms with Crippen LogP contribution in [0.4, 0.5) is 0 Å². The van der Waals surface area contributed by atoms with Gasteiger partial charge in [-0.05, 0) is 30.9 Å². The highest BCUT2D eigenvalue weighted by molar-refractivity contribution is 7.98. The molecule has 0 aromatic heterocycles. The van der Waals surface area contributed by atoms with Gasteiger partial charge in [0.2, 0.25) is 23.6 Å². The van der Waals surface area contributed by atoms with Crippen molar-refractivity contribution >= 4 is 41.4 Å². The summed E-state index contributed by atoms with van der Waals surface area (Å²) in [6, 6.07) is 4.48. The normalized spacial score (nSPS) is 14.3. The van der Waals surface area contributed by atoms with Gasteiger partial charge in [-0.2, -0.15) is 11.8 Å². The number of aliphatic carboxylic acids is 1. The number of nitrogens with two attached hydrogens (primary N) is 2. The second-order valence-corrected chi connectivity index (χ2v) is 8.44. The number of hydrogen-bond donors (Lipinski definition) is 6. The van der Waals surface area contributed by atoms with Crippen LogP contribution >= 0.6 is 11.8 Å². The molecule has 0 heterocycles. The lowest BCUT2D eigenvalue weighted by molar-refractivity contribution is -0.143. The summed E-state index contributed by atoms with van der Waals surface area (Å²) in [6.07, 6.45) is 1.57. The Labute approximate surface area is 196 Å². The van der Waals surface area contributed by atoms with Crippen molar-refractivity contribution in [3.8, 4) is 0 Å². The molecule has 12 heteroatoms. The summed E-state index contributed by atoms with van der Waals surface area (Å²) in [7, 11) is 0. The molecular weight excluding hydrogens is 450 g/mol. The molecule has 4 unspecified atom stereocenters. The highest BCUT2D eigenvalue weighted by Crippen LogP contribution is 2.07. The van der Waals surface area contributed by atoms with Crippen molar-refractivity contribution < 1.29 is 29.1 Å². The Bertz CT molecular complexity index is 836. The third kappa shape index (κ3) is 10.4.